The first-order chi connectivity index (χ1) is 4.97. The van der Waals surface area contributed by atoms with Crippen molar-refractivity contribution in [2.45, 2.75) is 6.42 Å². The lowest BCUT2D eigenvalue weighted by molar-refractivity contribution is 0.952. The smallest absolute Gasteiger partial charge is 0.0430 e. The van der Waals surface area contributed by atoms with Gasteiger partial charge in [-0.15, -0.1) is 0 Å². The fourth-order valence-corrected chi connectivity index (χ4v) is 1.24. The first-order valence-corrected chi connectivity index (χ1v) is 3.54. The molecule has 0 aromatic heterocycles. The standard InChI is InChI=1S/C9H9N.H3N/c1-2-4-9-7-10-6-5-8(9)3-1;/h1-4,7H,5-6H2;1H3. The minimum Gasteiger partial charge on any atom is -0.344 e. The summed E-state index contributed by atoms with van der Waals surface area (Å²) in [4.78, 5) is 4.19. The molecule has 0 atom stereocenters. The third kappa shape index (κ3) is 1.46. The predicted octanol–water partition coefficient (Wildman–Crippen LogP) is 1.82. The molecule has 11 heavy (non-hydrogen) atoms. The summed E-state index contributed by atoms with van der Waals surface area (Å²) in [5, 5.41) is 0. The van der Waals surface area contributed by atoms with E-state index >= 15 is 0 Å². The molecular weight excluding hydrogens is 136 g/mol. The summed E-state index contributed by atoms with van der Waals surface area (Å²) >= 11 is 0. The molecule has 2 heteroatoms. The van der Waals surface area contributed by atoms with Crippen molar-refractivity contribution in [3.05, 3.63) is 35.4 Å². The molecule has 3 N–H and O–H groups in total. The van der Waals surface area contributed by atoms with Gasteiger partial charge in [-0.2, -0.15) is 0 Å². The largest absolute Gasteiger partial charge is 0.344 e. The molecule has 1 aliphatic rings. The van der Waals surface area contributed by atoms with Crippen molar-refractivity contribution in [1.29, 1.82) is 0 Å². The lowest BCUT2D eigenvalue weighted by Crippen LogP contribution is -2.01. The highest BCUT2D eigenvalue weighted by Crippen LogP contribution is 2.10. The van der Waals surface area contributed by atoms with Gasteiger partial charge in [0.15, 0.2) is 0 Å². The zero-order valence-corrected chi connectivity index (χ0v) is 6.46. The van der Waals surface area contributed by atoms with Gasteiger partial charge in [0, 0.05) is 12.8 Å². The summed E-state index contributed by atoms with van der Waals surface area (Å²) in [6.07, 6.45) is 3.06. The van der Waals surface area contributed by atoms with Gasteiger partial charge in [0.1, 0.15) is 0 Å². The zero-order chi connectivity index (χ0) is 6.81. The minimum atomic E-state index is 0. The van der Waals surface area contributed by atoms with Crippen molar-refractivity contribution in [2.24, 2.45) is 4.99 Å². The number of benzene rings is 1. The predicted molar refractivity (Wildman–Crippen MR) is 47.6 cm³/mol. The van der Waals surface area contributed by atoms with E-state index in [4.69, 9.17) is 0 Å². The molecule has 0 aliphatic carbocycles. The van der Waals surface area contributed by atoms with E-state index in [-0.39, 0.29) is 6.15 Å². The molecule has 1 aliphatic heterocycles. The van der Waals surface area contributed by atoms with E-state index in [1.54, 1.807) is 0 Å². The van der Waals surface area contributed by atoms with E-state index in [2.05, 4.69) is 29.3 Å². The normalized spacial score (nSPS) is 13.5. The van der Waals surface area contributed by atoms with Crippen LogP contribution in [0.2, 0.25) is 0 Å². The maximum atomic E-state index is 4.19. The van der Waals surface area contributed by atoms with E-state index in [1.165, 1.54) is 11.1 Å². The molecule has 0 spiro atoms. The zero-order valence-electron chi connectivity index (χ0n) is 6.46. The molecule has 1 aromatic rings. The van der Waals surface area contributed by atoms with Crippen LogP contribution < -0.4 is 6.15 Å². The quantitative estimate of drug-likeness (QED) is 0.599. The van der Waals surface area contributed by atoms with Crippen LogP contribution in [0.3, 0.4) is 0 Å². The van der Waals surface area contributed by atoms with Gasteiger partial charge >= 0.3 is 0 Å². The molecule has 0 bridgehead atoms. The number of aliphatic imine (C=N–C) groups is 1. The van der Waals surface area contributed by atoms with Crippen LogP contribution in [-0.2, 0) is 6.42 Å². The summed E-state index contributed by atoms with van der Waals surface area (Å²) in [5.74, 6) is 0. The van der Waals surface area contributed by atoms with E-state index in [0.717, 1.165) is 13.0 Å². The summed E-state index contributed by atoms with van der Waals surface area (Å²) in [5.41, 5.74) is 2.71. The SMILES string of the molecule is C1=NCCc2ccccc21.N. The summed E-state index contributed by atoms with van der Waals surface area (Å²) < 4.78 is 0. The third-order valence-corrected chi connectivity index (χ3v) is 1.80. The first kappa shape index (κ1) is 7.95. The number of hydrogen-bond acceptors (Lipinski definition) is 2. The van der Waals surface area contributed by atoms with Crippen molar-refractivity contribution in [2.75, 3.05) is 6.54 Å². The van der Waals surface area contributed by atoms with Crippen LogP contribution in [0, 0.1) is 0 Å². The maximum Gasteiger partial charge on any atom is 0.0430 e. The summed E-state index contributed by atoms with van der Waals surface area (Å²) in [6.45, 7) is 0.955. The first-order valence-electron chi connectivity index (χ1n) is 3.54. The second kappa shape index (κ2) is 3.30. The van der Waals surface area contributed by atoms with Crippen LogP contribution in [0.5, 0.6) is 0 Å². The molecule has 1 heterocycles. The molecule has 0 saturated carbocycles. The van der Waals surface area contributed by atoms with Gasteiger partial charge in [-0.1, -0.05) is 24.3 Å². The van der Waals surface area contributed by atoms with Gasteiger partial charge in [-0.25, -0.2) is 0 Å². The molecule has 0 amide bonds. The van der Waals surface area contributed by atoms with Crippen molar-refractivity contribution < 1.29 is 0 Å². The number of fused-ring (bicyclic) bond motifs is 1. The highest BCUT2D eigenvalue weighted by molar-refractivity contribution is 5.82. The fourth-order valence-electron chi connectivity index (χ4n) is 1.24. The topological polar surface area (TPSA) is 47.4 Å². The van der Waals surface area contributed by atoms with Gasteiger partial charge in [0.2, 0.25) is 0 Å². The van der Waals surface area contributed by atoms with Gasteiger partial charge in [-0.3, -0.25) is 4.99 Å². The van der Waals surface area contributed by atoms with E-state index in [9.17, 15) is 0 Å². The van der Waals surface area contributed by atoms with Crippen molar-refractivity contribution in [3.8, 4) is 0 Å². The molecule has 58 valence electrons. The van der Waals surface area contributed by atoms with Crippen LogP contribution in [0.1, 0.15) is 11.1 Å². The Morgan fingerprint density at radius 2 is 2.00 bits per heavy atom. The Hall–Kier alpha value is -1.15. The highest BCUT2D eigenvalue weighted by Gasteiger charge is 2.01. The van der Waals surface area contributed by atoms with Crippen LogP contribution in [-0.4, -0.2) is 12.8 Å². The van der Waals surface area contributed by atoms with Crippen LogP contribution >= 0.6 is 0 Å². The lowest BCUT2D eigenvalue weighted by Gasteiger charge is -2.07. The van der Waals surface area contributed by atoms with Crippen molar-refractivity contribution in [1.82, 2.24) is 6.15 Å². The molecular formula is C9H12N2. The number of nitrogens with zero attached hydrogens (tertiary/aromatic N) is 1. The minimum absolute atomic E-state index is 0. The van der Waals surface area contributed by atoms with Gasteiger partial charge in [0.25, 0.3) is 0 Å². The average Bonchev–Trinajstić information content (AvgIpc) is 2.05. The van der Waals surface area contributed by atoms with Crippen LogP contribution in [0.4, 0.5) is 0 Å². The Labute approximate surface area is 66.6 Å². The molecule has 2 rings (SSSR count). The van der Waals surface area contributed by atoms with Crippen LogP contribution in [0.15, 0.2) is 29.3 Å². The van der Waals surface area contributed by atoms with E-state index in [1.807, 2.05) is 6.21 Å². The third-order valence-electron chi connectivity index (χ3n) is 1.80. The Balaban J connectivity index is 0.000000605. The maximum absolute atomic E-state index is 4.19. The average molecular weight is 148 g/mol. The van der Waals surface area contributed by atoms with Gasteiger partial charge < -0.3 is 6.15 Å². The van der Waals surface area contributed by atoms with Gasteiger partial charge in [-0.05, 0) is 17.5 Å². The molecule has 1 aromatic carbocycles. The summed E-state index contributed by atoms with van der Waals surface area (Å²) in [7, 11) is 0. The Bertz CT molecular complexity index is 266. The lowest BCUT2D eigenvalue weighted by atomic mass is 10.0. The van der Waals surface area contributed by atoms with E-state index in [0.29, 0.717) is 0 Å². The number of hydrogen-bond donors (Lipinski definition) is 1. The van der Waals surface area contributed by atoms with Crippen molar-refractivity contribution >= 4 is 6.21 Å². The van der Waals surface area contributed by atoms with Crippen LogP contribution in [0.25, 0.3) is 0 Å². The molecule has 2 nitrogen and oxygen atoms in total. The van der Waals surface area contributed by atoms with Crippen molar-refractivity contribution in [3.63, 3.8) is 0 Å². The Morgan fingerprint density at radius 1 is 1.18 bits per heavy atom. The molecule has 0 radical (unpaired) electrons. The monoisotopic (exact) mass is 148 g/mol. The molecule has 0 unspecified atom stereocenters. The Kier molecular flexibility index (Phi) is 2.39. The van der Waals surface area contributed by atoms with Gasteiger partial charge in [0.05, 0.1) is 0 Å². The Morgan fingerprint density at radius 3 is 2.82 bits per heavy atom. The van der Waals surface area contributed by atoms with E-state index < -0.39 is 0 Å². The second-order valence-electron chi connectivity index (χ2n) is 2.48. The molecule has 0 saturated heterocycles. The molecule has 0 fully saturated rings. The highest BCUT2D eigenvalue weighted by atomic mass is 14.7. The number of rotatable bonds is 0. The second-order valence-corrected chi connectivity index (χ2v) is 2.48. The fraction of sp³-hybridized carbons (Fsp3) is 0.222. The summed E-state index contributed by atoms with van der Waals surface area (Å²) in [6, 6.07) is 8.41.